The molecule has 1 heterocycles. The maximum atomic E-state index is 12.5. The van der Waals surface area contributed by atoms with Gasteiger partial charge in [-0.3, -0.25) is 14.4 Å². The lowest BCUT2D eigenvalue weighted by molar-refractivity contribution is -0.138. The first-order chi connectivity index (χ1) is 11.6. The van der Waals surface area contributed by atoms with E-state index in [1.165, 1.54) is 12.5 Å². The van der Waals surface area contributed by atoms with Gasteiger partial charge in [0.2, 0.25) is 17.7 Å². The largest absolute Gasteiger partial charge is 0.351 e. The molecule has 1 aliphatic carbocycles. The van der Waals surface area contributed by atoms with E-state index in [1.54, 1.807) is 4.90 Å². The Morgan fingerprint density at radius 2 is 1.96 bits per heavy atom. The van der Waals surface area contributed by atoms with E-state index in [0.717, 1.165) is 12.8 Å². The van der Waals surface area contributed by atoms with Gasteiger partial charge in [-0.15, -0.1) is 0 Å². The van der Waals surface area contributed by atoms with E-state index in [1.807, 2.05) is 18.2 Å². The molecule has 2 fully saturated rings. The molecule has 6 nitrogen and oxygen atoms in total. The van der Waals surface area contributed by atoms with E-state index in [-0.39, 0.29) is 30.3 Å². The van der Waals surface area contributed by atoms with Gasteiger partial charge in [-0.2, -0.15) is 0 Å². The maximum absolute atomic E-state index is 12.5. The van der Waals surface area contributed by atoms with Crippen molar-refractivity contribution in [1.82, 2.24) is 15.5 Å². The Morgan fingerprint density at radius 1 is 1.21 bits per heavy atom. The Morgan fingerprint density at radius 3 is 2.67 bits per heavy atom. The summed E-state index contributed by atoms with van der Waals surface area (Å²) in [5.41, 5.74) is 1.24. The molecule has 3 atom stereocenters. The summed E-state index contributed by atoms with van der Waals surface area (Å²) in [4.78, 5) is 37.2. The van der Waals surface area contributed by atoms with Crippen molar-refractivity contribution in [2.75, 3.05) is 13.1 Å². The molecule has 0 bridgehead atoms. The Bertz CT molecular complexity index is 632. The van der Waals surface area contributed by atoms with Crippen molar-refractivity contribution in [3.8, 4) is 0 Å². The van der Waals surface area contributed by atoms with Gasteiger partial charge in [-0.1, -0.05) is 30.3 Å². The monoisotopic (exact) mass is 329 g/mol. The second-order valence-electron chi connectivity index (χ2n) is 6.52. The molecule has 24 heavy (non-hydrogen) atoms. The normalized spacial score (nSPS) is 25.2. The van der Waals surface area contributed by atoms with Crippen molar-refractivity contribution >= 4 is 17.7 Å². The third kappa shape index (κ3) is 3.75. The van der Waals surface area contributed by atoms with Crippen LogP contribution in [-0.2, 0) is 14.4 Å². The van der Waals surface area contributed by atoms with Crippen LogP contribution in [0.3, 0.4) is 0 Å². The van der Waals surface area contributed by atoms with Crippen molar-refractivity contribution in [2.24, 2.45) is 0 Å². The summed E-state index contributed by atoms with van der Waals surface area (Å²) in [5.74, 6) is -0.141. The Hall–Kier alpha value is -2.37. The number of carbonyl (C=O) groups is 3. The SMILES string of the molecule is CC(=O)NCC(=O)N1CCCC1C(=O)NC1CC1c1ccccc1. The average Bonchev–Trinajstić information content (AvgIpc) is 3.16. The molecule has 1 aliphatic heterocycles. The van der Waals surface area contributed by atoms with Crippen molar-refractivity contribution in [3.63, 3.8) is 0 Å². The van der Waals surface area contributed by atoms with Crippen LogP contribution >= 0.6 is 0 Å². The molecule has 3 rings (SSSR count). The zero-order valence-electron chi connectivity index (χ0n) is 13.8. The molecule has 0 aromatic heterocycles. The van der Waals surface area contributed by atoms with Crippen LogP contribution in [-0.4, -0.2) is 47.8 Å². The number of hydrogen-bond donors (Lipinski definition) is 2. The first-order valence-electron chi connectivity index (χ1n) is 8.45. The summed E-state index contributed by atoms with van der Waals surface area (Å²) in [6.07, 6.45) is 2.44. The molecule has 0 spiro atoms. The molecule has 128 valence electrons. The number of hydrogen-bond acceptors (Lipinski definition) is 3. The first-order valence-corrected chi connectivity index (χ1v) is 8.45. The summed E-state index contributed by atoms with van der Waals surface area (Å²) >= 11 is 0. The smallest absolute Gasteiger partial charge is 0.243 e. The first kappa shape index (κ1) is 16.5. The van der Waals surface area contributed by atoms with Crippen LogP contribution in [0.1, 0.15) is 37.7 Å². The Balaban J connectivity index is 1.53. The van der Waals surface area contributed by atoms with E-state index in [0.29, 0.717) is 18.9 Å². The third-order valence-corrected chi connectivity index (χ3v) is 4.71. The Kier molecular flexibility index (Phi) is 4.83. The lowest BCUT2D eigenvalue weighted by atomic mass is 10.1. The van der Waals surface area contributed by atoms with Gasteiger partial charge in [-0.05, 0) is 24.8 Å². The van der Waals surface area contributed by atoms with Gasteiger partial charge < -0.3 is 15.5 Å². The van der Waals surface area contributed by atoms with Crippen LogP contribution < -0.4 is 10.6 Å². The second-order valence-corrected chi connectivity index (χ2v) is 6.52. The van der Waals surface area contributed by atoms with E-state index in [2.05, 4.69) is 22.8 Å². The summed E-state index contributed by atoms with van der Waals surface area (Å²) in [6, 6.07) is 9.90. The standard InChI is InChI=1S/C18H23N3O3/c1-12(22)19-11-17(23)21-9-5-8-16(21)18(24)20-15-10-14(15)13-6-3-2-4-7-13/h2-4,6-7,14-16H,5,8-11H2,1H3,(H,19,22)(H,20,24). The van der Waals surface area contributed by atoms with Gasteiger partial charge in [0.05, 0.1) is 6.54 Å². The van der Waals surface area contributed by atoms with Gasteiger partial charge in [0.1, 0.15) is 6.04 Å². The topological polar surface area (TPSA) is 78.5 Å². The molecule has 6 heteroatoms. The fourth-order valence-corrected chi connectivity index (χ4v) is 3.34. The highest BCUT2D eigenvalue weighted by atomic mass is 16.2. The molecule has 2 N–H and O–H groups in total. The predicted molar refractivity (Wildman–Crippen MR) is 89.1 cm³/mol. The maximum Gasteiger partial charge on any atom is 0.243 e. The quantitative estimate of drug-likeness (QED) is 0.838. The lowest BCUT2D eigenvalue weighted by Crippen LogP contribution is -2.49. The number of carbonyl (C=O) groups excluding carboxylic acids is 3. The fraction of sp³-hybridized carbons (Fsp3) is 0.500. The van der Waals surface area contributed by atoms with Gasteiger partial charge in [0.15, 0.2) is 0 Å². The minimum absolute atomic E-state index is 0.0464. The van der Waals surface area contributed by atoms with Crippen LogP contribution in [0.15, 0.2) is 30.3 Å². The molecule has 1 saturated carbocycles. The van der Waals surface area contributed by atoms with Crippen molar-refractivity contribution in [1.29, 1.82) is 0 Å². The average molecular weight is 329 g/mol. The molecule has 0 radical (unpaired) electrons. The predicted octanol–water partition coefficient (Wildman–Crippen LogP) is 0.786. The zero-order chi connectivity index (χ0) is 17.1. The second kappa shape index (κ2) is 7.03. The molecular formula is C18H23N3O3. The minimum Gasteiger partial charge on any atom is -0.351 e. The van der Waals surface area contributed by atoms with E-state index in [9.17, 15) is 14.4 Å². The lowest BCUT2D eigenvalue weighted by Gasteiger charge is -2.24. The number of nitrogens with zero attached hydrogens (tertiary/aromatic N) is 1. The molecule has 3 amide bonds. The van der Waals surface area contributed by atoms with Crippen molar-refractivity contribution in [3.05, 3.63) is 35.9 Å². The molecular weight excluding hydrogens is 306 g/mol. The molecule has 1 saturated heterocycles. The van der Waals surface area contributed by atoms with Gasteiger partial charge >= 0.3 is 0 Å². The molecule has 1 aromatic rings. The van der Waals surface area contributed by atoms with Crippen LogP contribution in [0.4, 0.5) is 0 Å². The zero-order valence-corrected chi connectivity index (χ0v) is 13.8. The summed E-state index contributed by atoms with van der Waals surface area (Å²) in [5, 5.41) is 5.58. The number of benzene rings is 1. The summed E-state index contributed by atoms with van der Waals surface area (Å²) < 4.78 is 0. The molecule has 3 unspecified atom stereocenters. The summed E-state index contributed by atoms with van der Waals surface area (Å²) in [7, 11) is 0. The minimum atomic E-state index is -0.414. The number of amides is 3. The number of rotatable bonds is 5. The van der Waals surface area contributed by atoms with Gasteiger partial charge in [0, 0.05) is 25.4 Å². The highest BCUT2D eigenvalue weighted by Crippen LogP contribution is 2.40. The van der Waals surface area contributed by atoms with E-state index >= 15 is 0 Å². The van der Waals surface area contributed by atoms with E-state index in [4.69, 9.17) is 0 Å². The highest BCUT2D eigenvalue weighted by molar-refractivity contribution is 5.90. The van der Waals surface area contributed by atoms with Crippen molar-refractivity contribution < 1.29 is 14.4 Å². The number of likely N-dealkylation sites (tertiary alicyclic amines) is 1. The van der Waals surface area contributed by atoms with Crippen LogP contribution in [0.2, 0.25) is 0 Å². The fourth-order valence-electron chi connectivity index (χ4n) is 3.34. The molecule has 2 aliphatic rings. The Labute approximate surface area is 141 Å². The molecule has 1 aromatic carbocycles. The number of nitrogens with one attached hydrogen (secondary N) is 2. The van der Waals surface area contributed by atoms with Crippen molar-refractivity contribution in [2.45, 2.75) is 44.2 Å². The highest BCUT2D eigenvalue weighted by Gasteiger charge is 2.42. The van der Waals surface area contributed by atoms with Gasteiger partial charge in [-0.25, -0.2) is 0 Å². The van der Waals surface area contributed by atoms with Crippen LogP contribution in [0, 0.1) is 0 Å². The van der Waals surface area contributed by atoms with Crippen LogP contribution in [0.25, 0.3) is 0 Å². The summed E-state index contributed by atoms with van der Waals surface area (Å²) in [6.45, 7) is 1.90. The van der Waals surface area contributed by atoms with Crippen LogP contribution in [0.5, 0.6) is 0 Å². The third-order valence-electron chi connectivity index (χ3n) is 4.71. The van der Waals surface area contributed by atoms with Gasteiger partial charge in [0.25, 0.3) is 0 Å². The van der Waals surface area contributed by atoms with E-state index < -0.39 is 6.04 Å².